The number of nitro groups is 2. The quantitative estimate of drug-likeness (QED) is 0.00993. The Kier molecular flexibility index (Phi) is 38.6. The van der Waals surface area contributed by atoms with Gasteiger partial charge in [-0.15, -0.1) is 11.3 Å². The Labute approximate surface area is 866 Å². The van der Waals surface area contributed by atoms with Crippen LogP contribution in [0.25, 0.3) is 0 Å². The number of aryl methyl sites for hydroxylation is 1. The molecule has 5 saturated heterocycles. The van der Waals surface area contributed by atoms with Crippen molar-refractivity contribution in [2.24, 2.45) is 0 Å². The number of halogens is 3. The Morgan fingerprint density at radius 2 is 0.649 bits per heavy atom. The van der Waals surface area contributed by atoms with Crippen LogP contribution in [0.5, 0.6) is 5.75 Å². The summed E-state index contributed by atoms with van der Waals surface area (Å²) in [6, 6.07) is 47.0. The molecule has 0 radical (unpaired) electrons. The van der Waals surface area contributed by atoms with Crippen molar-refractivity contribution in [3.8, 4) is 5.75 Å². The fraction of sp³-hybridized carbons (Fsp3) is 0.292. The van der Waals surface area contributed by atoms with Crippen molar-refractivity contribution in [3.05, 3.63) is 282 Å². The fourth-order valence-electron chi connectivity index (χ4n) is 16.0. The zero-order valence-corrected chi connectivity index (χ0v) is 86.6. The number of amides is 5. The van der Waals surface area contributed by atoms with Gasteiger partial charge >= 0.3 is 0 Å². The highest BCUT2D eigenvalue weighted by Gasteiger charge is 2.39. The van der Waals surface area contributed by atoms with E-state index in [1.54, 1.807) is 105 Å². The average molecular weight is 2230 g/mol. The zero-order chi connectivity index (χ0) is 108. The van der Waals surface area contributed by atoms with Gasteiger partial charge in [-0.05, 0) is 122 Å². The van der Waals surface area contributed by atoms with Gasteiger partial charge in [-0.1, -0.05) is 58.6 Å². The molecule has 59 heteroatoms. The van der Waals surface area contributed by atoms with Gasteiger partial charge in [0.2, 0.25) is 40.1 Å². The van der Waals surface area contributed by atoms with Crippen LogP contribution in [0.4, 0.5) is 62.6 Å². The zero-order valence-electron chi connectivity index (χ0n) is 79.4. The number of sulfonamides is 5. The number of ether oxygens (including phenoxy) is 1. The van der Waals surface area contributed by atoms with Crippen molar-refractivity contribution in [2.75, 3.05) is 191 Å². The molecule has 0 bridgehead atoms. The lowest BCUT2D eigenvalue weighted by Crippen LogP contribution is -2.49. The Morgan fingerprint density at radius 3 is 0.959 bits per heavy atom. The summed E-state index contributed by atoms with van der Waals surface area (Å²) in [5.41, 5.74) is 11.2. The topological polar surface area (TPSA) is 626 Å². The third-order valence-electron chi connectivity index (χ3n) is 23.9. The Balaban J connectivity index is 0.000000176. The molecular formula is C89H100Cl3N21O29S6+4. The van der Waals surface area contributed by atoms with Crippen LogP contribution in [0.2, 0.25) is 14.4 Å². The van der Waals surface area contributed by atoms with Gasteiger partial charge in [-0.2, -0.15) is 21.5 Å². The highest BCUT2D eigenvalue weighted by molar-refractivity contribution is 7.91. The number of nitrogens with zero attached hydrogens (tertiary/aromatic N) is 16. The molecule has 0 spiro atoms. The molecule has 50 nitrogen and oxygen atoms in total. The second-order valence-corrected chi connectivity index (χ2v) is 45.2. The molecule has 10 N–H and O–H groups in total. The molecule has 5 aliphatic heterocycles. The third-order valence-corrected chi connectivity index (χ3v) is 35.8. The number of methoxy groups -OCH3 is 1. The summed E-state index contributed by atoms with van der Waals surface area (Å²) < 4.78 is 143. The normalized spacial score (nSPS) is 15.1. The number of hydroxylamine groups is 5. The van der Waals surface area contributed by atoms with E-state index in [4.69, 9.17) is 65.6 Å². The van der Waals surface area contributed by atoms with Crippen LogP contribution in [-0.4, -0.2) is 314 Å². The monoisotopic (exact) mass is 2220 g/mol. The predicted octanol–water partition coefficient (Wildman–Crippen LogP) is 8.90. The van der Waals surface area contributed by atoms with E-state index in [9.17, 15) is 106 Å². The molecule has 0 saturated carbocycles. The predicted molar refractivity (Wildman–Crippen MR) is 540 cm³/mol. The van der Waals surface area contributed by atoms with Crippen LogP contribution in [0.15, 0.2) is 218 Å². The van der Waals surface area contributed by atoms with Gasteiger partial charge in [0.05, 0.1) is 74.8 Å². The first kappa shape index (κ1) is 115. The summed E-state index contributed by atoms with van der Waals surface area (Å²) in [4.78, 5) is 136. The van der Waals surface area contributed by atoms with Gasteiger partial charge < -0.3 is 29.2 Å². The van der Waals surface area contributed by atoms with E-state index in [1.807, 2.05) is 21.6 Å². The molecule has 0 atom stereocenters. The van der Waals surface area contributed by atoms with Crippen LogP contribution in [0.1, 0.15) is 57.4 Å². The maximum Gasteiger partial charge on any atom is 0.293 e. The van der Waals surface area contributed by atoms with Crippen molar-refractivity contribution in [3.63, 3.8) is 0 Å². The maximum absolute atomic E-state index is 12.9. The van der Waals surface area contributed by atoms with E-state index in [0.29, 0.717) is 90.5 Å². The van der Waals surface area contributed by atoms with Crippen molar-refractivity contribution >= 4 is 188 Å². The molecule has 5 fully saturated rings. The van der Waals surface area contributed by atoms with E-state index in [0.717, 1.165) is 29.0 Å². The van der Waals surface area contributed by atoms with Crippen LogP contribution < -0.4 is 56.6 Å². The molecule has 0 aliphatic carbocycles. The average Bonchev–Trinajstić information content (AvgIpc) is 1.16. The van der Waals surface area contributed by atoms with E-state index >= 15 is 0 Å². The number of carbonyl (C=O) groups is 5. The summed E-state index contributed by atoms with van der Waals surface area (Å²) >= 11 is 18.8. The number of nitro benzene ring substituents is 2. The first-order valence-corrected chi connectivity index (χ1v) is 53.3. The smallest absolute Gasteiger partial charge is 0.293 e. The molecule has 148 heavy (non-hydrogen) atoms. The van der Waals surface area contributed by atoms with Crippen LogP contribution >= 0.6 is 46.1 Å². The second-order valence-electron chi connectivity index (χ2n) is 32.8. The van der Waals surface area contributed by atoms with E-state index in [1.165, 1.54) is 171 Å². The fourth-order valence-corrected chi connectivity index (χ4v) is 25.5. The SMILES string of the molecule is COc1ccc(S(=O)(=O)N2CCN(c3ccc([N+](C)=O)cc3C(=O)NO)CC2)cc1.C[N+](=O)c1ccc(N2CCN(S(=O)(=O)c3ccc(Cl)cc3Cl)CC2)c(C(=O)NO)c1.C[N+](=O)c1ccc(N2CCN(S(=O)(=O)c3ccc(Cl)s3)CC2)c(C(=O)NO)c1.C[N+](=O)c1cccc(S(=O)(=O)N2CCN(c3ccc(C(=O)NO)cc3[N+](=O)[O-])CC2)c1.Cc1ccc(S(=O)(=O)N2CCN(c3ccc(C(=O)NO)cc3[N+](=O)[O-])CC2)cc1. The number of anilines is 5. The van der Waals surface area contributed by atoms with Gasteiger partial charge in [0.15, 0.2) is 28.2 Å². The molecule has 10 aromatic rings. The van der Waals surface area contributed by atoms with E-state index in [-0.39, 0.29) is 194 Å². The third kappa shape index (κ3) is 27.2. The van der Waals surface area contributed by atoms with E-state index in [2.05, 4.69) is 0 Å². The van der Waals surface area contributed by atoms with Gasteiger partial charge in [0.25, 0.3) is 73.7 Å². The standard InChI is InChI=1S/C19H22N4O6S.C18H18Cl2N4O5S.C18H19N5O7S.C18H20N4O6S.C16H17ClN4O5S2/c1-21(26)14-3-8-18(17(13-14)19(24)20-25)22-9-11-23(12-10-22)30(27,28)16-6-4-15(29-2)5-7-16;1-22(27)13-3-4-16(14(11-13)18(25)21-26)23-6-8-24(9-7-23)30(28,29)17-5-2-12(19)10-15(17)20;1-20(26)14-3-2-4-15(12-14)31(29,30)22-9-7-21(8-10-22)16-6-5-13(18(24)19-25)11-17(16)23(27)28;1-13-2-5-15(6-3-13)29(27,28)21-10-8-20(9-11-21)16-7-4-14(18(23)19-24)12-17(16)22(25)26;1-19(24)11-2-3-13(12(10-11)16(22)18-23)20-6-8-21(9-7-20)28(25,26)15-5-4-14(17)27-15/h3-8,13H,9-12H2,1-2H3,(H-,20,24,25);2-5,10-11H,6-9H2,1H3,(H-,21,25,26);2-6,11-12H,7-10H2,1H3,(H-,19,24,25);2-7,12,24H,8-11H2,1H3,(H,19,23);2-5,10H,6-9H2,1H3,(H-,18,22,23)/p+4. The largest absolute Gasteiger partial charge is 0.497 e. The summed E-state index contributed by atoms with van der Waals surface area (Å²) in [7, 11) is -11.9. The number of hydrogen-bond donors (Lipinski definition) is 10. The minimum absolute atomic E-state index is 0.00787. The first-order chi connectivity index (χ1) is 70.0. The molecule has 788 valence electrons. The van der Waals surface area contributed by atoms with Gasteiger partial charge in [-0.25, -0.2) is 69.5 Å². The highest BCUT2D eigenvalue weighted by atomic mass is 35.5. The summed E-state index contributed by atoms with van der Waals surface area (Å²) in [5.74, 6) is -3.42. The lowest BCUT2D eigenvalue weighted by molar-refractivity contribution is -0.428. The number of carbonyl (C=O) groups excluding carboxylic acids is 5. The Morgan fingerprint density at radius 1 is 0.338 bits per heavy atom. The minimum atomic E-state index is -3.84. The lowest BCUT2D eigenvalue weighted by Gasteiger charge is -2.36. The van der Waals surface area contributed by atoms with Crippen molar-refractivity contribution in [1.29, 1.82) is 0 Å². The van der Waals surface area contributed by atoms with Crippen LogP contribution in [0, 0.1) is 46.8 Å². The number of hydrogen-bond acceptors (Lipinski definition) is 35. The number of piperazine rings is 5. The molecular weight excluding hydrogens is 2130 g/mol. The molecule has 1 aromatic heterocycles. The second kappa shape index (κ2) is 49.8. The maximum atomic E-state index is 12.9. The summed E-state index contributed by atoms with van der Waals surface area (Å²) in [5, 5.41) is 67.8. The summed E-state index contributed by atoms with van der Waals surface area (Å²) in [6.45, 7) is 6.43. The number of rotatable bonds is 27. The number of thiophene rings is 1. The molecule has 0 unspecified atom stereocenters. The Bertz CT molecular complexity index is 7340. The molecule has 9 aromatic carbocycles. The van der Waals surface area contributed by atoms with Gasteiger partial charge in [-0.3, -0.25) is 70.2 Å². The number of benzene rings is 9. The van der Waals surface area contributed by atoms with Gasteiger partial charge in [0, 0.05) is 246 Å². The minimum Gasteiger partial charge on any atom is -0.497 e. The molecule has 15 rings (SSSR count). The van der Waals surface area contributed by atoms with Crippen molar-refractivity contribution in [2.45, 2.75) is 30.7 Å². The van der Waals surface area contributed by atoms with Crippen molar-refractivity contribution in [1.82, 2.24) is 48.9 Å². The van der Waals surface area contributed by atoms with E-state index < -0.39 is 89.5 Å². The Hall–Kier alpha value is -13.8. The van der Waals surface area contributed by atoms with Crippen LogP contribution in [-0.2, 0) is 50.1 Å². The molecule has 6 heterocycles. The first-order valence-electron chi connectivity index (χ1n) is 44.2. The molecule has 5 aliphatic rings. The summed E-state index contributed by atoms with van der Waals surface area (Å²) in [6.07, 6.45) is 0. The van der Waals surface area contributed by atoms with Crippen molar-refractivity contribution < 1.29 is 126 Å². The lowest BCUT2D eigenvalue weighted by atomic mass is 10.1. The number of nitroso groups, excluding NO2 is 4. The highest BCUT2D eigenvalue weighted by Crippen LogP contribution is 2.39. The van der Waals surface area contributed by atoms with Gasteiger partial charge in [0.1, 0.15) is 26.2 Å². The van der Waals surface area contributed by atoms with Crippen LogP contribution in [0.3, 0.4) is 0 Å². The number of nitrogens with one attached hydrogen (secondary N) is 5. The molecule has 5 amide bonds.